The molecule has 1 N–H and O–H groups in total. The predicted molar refractivity (Wildman–Crippen MR) is 108 cm³/mol. The van der Waals surface area contributed by atoms with Crippen molar-refractivity contribution in [3.05, 3.63) is 29.8 Å². The minimum absolute atomic E-state index is 0.0210. The molecule has 0 bridgehead atoms. The first-order valence-electron chi connectivity index (χ1n) is 9.73. The Morgan fingerprint density at radius 1 is 1.30 bits per heavy atom. The molecular weight excluding hydrogens is 342 g/mol. The molecule has 2 amide bonds. The van der Waals surface area contributed by atoms with E-state index in [4.69, 9.17) is 4.74 Å². The van der Waals surface area contributed by atoms with Crippen molar-refractivity contribution in [2.24, 2.45) is 0 Å². The fourth-order valence-electron chi connectivity index (χ4n) is 3.28. The van der Waals surface area contributed by atoms with Crippen molar-refractivity contribution in [1.82, 2.24) is 10.2 Å². The summed E-state index contributed by atoms with van der Waals surface area (Å²) in [6.07, 6.45) is 1.72. The highest BCUT2D eigenvalue weighted by Crippen LogP contribution is 2.31. The number of hydrogen-bond acceptors (Lipinski definition) is 4. The molecule has 2 rings (SSSR count). The Balaban J connectivity index is 1.65. The van der Waals surface area contributed by atoms with Crippen LogP contribution in [0.3, 0.4) is 0 Å². The smallest absolute Gasteiger partial charge is 0.410 e. The fourth-order valence-corrected chi connectivity index (χ4v) is 3.28. The fraction of sp³-hybridized carbons (Fsp3) is 0.619. The number of rotatable bonds is 7. The lowest BCUT2D eigenvalue weighted by Gasteiger charge is -2.25. The second kappa shape index (κ2) is 9.11. The Hall–Kier alpha value is -2.24. The van der Waals surface area contributed by atoms with Crippen LogP contribution in [0.1, 0.15) is 46.1 Å². The number of carbonyl (C=O) groups is 2. The standard InChI is InChI=1S/C21H33N3O3/c1-16-15-17-9-6-7-10-18(17)24(16)14-12-22-19(25)11-8-13-23(5)20(26)27-21(2,3)4/h6-7,9-10,16H,8,11-15H2,1-5H3,(H,22,25). The van der Waals surface area contributed by atoms with Gasteiger partial charge in [-0.1, -0.05) is 18.2 Å². The zero-order valence-electron chi connectivity index (χ0n) is 17.2. The first kappa shape index (κ1) is 21.1. The van der Waals surface area contributed by atoms with E-state index in [-0.39, 0.29) is 12.0 Å². The van der Waals surface area contributed by atoms with Gasteiger partial charge in [0, 0.05) is 44.8 Å². The summed E-state index contributed by atoms with van der Waals surface area (Å²) >= 11 is 0. The lowest BCUT2D eigenvalue weighted by atomic mass is 10.1. The van der Waals surface area contributed by atoms with Crippen LogP contribution in [-0.4, -0.2) is 55.2 Å². The molecule has 1 atom stereocenters. The van der Waals surface area contributed by atoms with Crippen molar-refractivity contribution < 1.29 is 14.3 Å². The van der Waals surface area contributed by atoms with Crippen LogP contribution < -0.4 is 10.2 Å². The van der Waals surface area contributed by atoms with Gasteiger partial charge in [0.1, 0.15) is 5.60 Å². The number of hydrogen-bond donors (Lipinski definition) is 1. The van der Waals surface area contributed by atoms with E-state index in [9.17, 15) is 9.59 Å². The summed E-state index contributed by atoms with van der Waals surface area (Å²) < 4.78 is 5.30. The summed E-state index contributed by atoms with van der Waals surface area (Å²) in [7, 11) is 1.69. The van der Waals surface area contributed by atoms with Gasteiger partial charge in [-0.15, -0.1) is 0 Å². The van der Waals surface area contributed by atoms with Crippen LogP contribution >= 0.6 is 0 Å². The van der Waals surface area contributed by atoms with Gasteiger partial charge in [-0.25, -0.2) is 4.79 Å². The maximum atomic E-state index is 12.1. The third-order valence-corrected chi connectivity index (χ3v) is 4.63. The monoisotopic (exact) mass is 375 g/mol. The van der Waals surface area contributed by atoms with Gasteiger partial charge in [0.2, 0.25) is 5.91 Å². The molecule has 1 aromatic rings. The summed E-state index contributed by atoms with van der Waals surface area (Å²) in [5, 5.41) is 2.99. The number of fused-ring (bicyclic) bond motifs is 1. The number of anilines is 1. The van der Waals surface area contributed by atoms with Gasteiger partial charge >= 0.3 is 6.09 Å². The van der Waals surface area contributed by atoms with Crippen LogP contribution in [0.15, 0.2) is 24.3 Å². The molecule has 6 heteroatoms. The van der Waals surface area contributed by atoms with Gasteiger partial charge in [-0.05, 0) is 52.2 Å². The molecule has 0 aliphatic carbocycles. The minimum atomic E-state index is -0.506. The third kappa shape index (κ3) is 6.45. The number of nitrogens with one attached hydrogen (secondary N) is 1. The van der Waals surface area contributed by atoms with Crippen molar-refractivity contribution in [1.29, 1.82) is 0 Å². The minimum Gasteiger partial charge on any atom is -0.444 e. The van der Waals surface area contributed by atoms with Crippen LogP contribution in [0.4, 0.5) is 10.5 Å². The Morgan fingerprint density at radius 2 is 2.00 bits per heavy atom. The number of carbonyl (C=O) groups excluding carboxylic acids is 2. The number of ether oxygens (including phenoxy) is 1. The quantitative estimate of drug-likeness (QED) is 0.795. The van der Waals surface area contributed by atoms with E-state index in [0.717, 1.165) is 13.0 Å². The molecule has 27 heavy (non-hydrogen) atoms. The van der Waals surface area contributed by atoms with Crippen molar-refractivity contribution in [2.75, 3.05) is 31.6 Å². The van der Waals surface area contributed by atoms with Gasteiger partial charge in [0.15, 0.2) is 0 Å². The second-order valence-corrected chi connectivity index (χ2v) is 8.23. The molecule has 1 aliphatic rings. The molecule has 1 unspecified atom stereocenters. The summed E-state index contributed by atoms with van der Waals surface area (Å²) in [5.74, 6) is 0.0210. The highest BCUT2D eigenvalue weighted by Gasteiger charge is 2.25. The molecular formula is C21H33N3O3. The molecule has 6 nitrogen and oxygen atoms in total. The van der Waals surface area contributed by atoms with E-state index in [1.54, 1.807) is 7.05 Å². The molecule has 1 aromatic carbocycles. The van der Waals surface area contributed by atoms with Gasteiger partial charge in [-0.3, -0.25) is 4.79 Å². The third-order valence-electron chi connectivity index (χ3n) is 4.63. The average molecular weight is 376 g/mol. The van der Waals surface area contributed by atoms with E-state index in [2.05, 4.69) is 41.4 Å². The summed E-state index contributed by atoms with van der Waals surface area (Å²) in [6, 6.07) is 8.91. The molecule has 150 valence electrons. The van der Waals surface area contributed by atoms with Crippen LogP contribution in [0.25, 0.3) is 0 Å². The molecule has 1 aliphatic heterocycles. The lowest BCUT2D eigenvalue weighted by molar-refractivity contribution is -0.121. The Kier molecular flexibility index (Phi) is 7.11. The average Bonchev–Trinajstić information content (AvgIpc) is 2.89. The van der Waals surface area contributed by atoms with E-state index in [0.29, 0.717) is 32.0 Å². The summed E-state index contributed by atoms with van der Waals surface area (Å²) in [5.41, 5.74) is 2.15. The van der Waals surface area contributed by atoms with Crippen molar-refractivity contribution >= 4 is 17.7 Å². The van der Waals surface area contributed by atoms with E-state index in [1.807, 2.05) is 20.8 Å². The van der Waals surface area contributed by atoms with Crippen LogP contribution in [0.2, 0.25) is 0 Å². The Labute approximate surface area is 162 Å². The maximum Gasteiger partial charge on any atom is 0.410 e. The largest absolute Gasteiger partial charge is 0.444 e. The van der Waals surface area contributed by atoms with E-state index >= 15 is 0 Å². The van der Waals surface area contributed by atoms with Gasteiger partial charge in [-0.2, -0.15) is 0 Å². The van der Waals surface area contributed by atoms with Crippen LogP contribution in [0, 0.1) is 0 Å². The highest BCUT2D eigenvalue weighted by atomic mass is 16.6. The van der Waals surface area contributed by atoms with Gasteiger partial charge < -0.3 is 19.9 Å². The molecule has 1 heterocycles. The van der Waals surface area contributed by atoms with Crippen LogP contribution in [-0.2, 0) is 16.0 Å². The molecule has 0 saturated carbocycles. The number of benzene rings is 1. The van der Waals surface area contributed by atoms with Gasteiger partial charge in [0.25, 0.3) is 0 Å². The normalized spacial score (nSPS) is 16.0. The van der Waals surface area contributed by atoms with E-state index in [1.165, 1.54) is 16.2 Å². The predicted octanol–water partition coefficient (Wildman–Crippen LogP) is 3.20. The topological polar surface area (TPSA) is 61.9 Å². The zero-order valence-corrected chi connectivity index (χ0v) is 17.2. The van der Waals surface area contributed by atoms with Crippen LogP contribution in [0.5, 0.6) is 0 Å². The molecule has 0 fully saturated rings. The summed E-state index contributed by atoms with van der Waals surface area (Å²) in [4.78, 5) is 27.8. The molecule has 0 aromatic heterocycles. The number of amides is 2. The summed E-state index contributed by atoms with van der Waals surface area (Å²) in [6.45, 7) is 9.66. The molecule has 0 spiro atoms. The second-order valence-electron chi connectivity index (χ2n) is 8.23. The van der Waals surface area contributed by atoms with Crippen molar-refractivity contribution in [3.63, 3.8) is 0 Å². The SMILES string of the molecule is CC1Cc2ccccc2N1CCNC(=O)CCCN(C)C(=O)OC(C)(C)C. The molecule has 0 radical (unpaired) electrons. The number of nitrogens with zero attached hydrogens (tertiary/aromatic N) is 2. The maximum absolute atomic E-state index is 12.1. The Morgan fingerprint density at radius 3 is 2.70 bits per heavy atom. The van der Waals surface area contributed by atoms with Crippen molar-refractivity contribution in [2.45, 2.75) is 58.6 Å². The first-order valence-corrected chi connectivity index (χ1v) is 9.73. The first-order chi connectivity index (χ1) is 12.7. The zero-order chi connectivity index (χ0) is 20.0. The molecule has 0 saturated heterocycles. The highest BCUT2D eigenvalue weighted by molar-refractivity contribution is 5.76. The van der Waals surface area contributed by atoms with Gasteiger partial charge in [0.05, 0.1) is 0 Å². The van der Waals surface area contributed by atoms with Crippen molar-refractivity contribution in [3.8, 4) is 0 Å². The Bertz CT molecular complexity index is 654. The van der Waals surface area contributed by atoms with E-state index < -0.39 is 5.60 Å². The lowest BCUT2D eigenvalue weighted by Crippen LogP contribution is -2.38. The number of para-hydroxylation sites is 1.